The van der Waals surface area contributed by atoms with E-state index in [1.807, 2.05) is 0 Å². The lowest BCUT2D eigenvalue weighted by Crippen LogP contribution is -2.25. The maximum Gasteiger partial charge on any atom is 0.333 e. The molecular formula is C10H12O4. The highest BCUT2D eigenvalue weighted by atomic mass is 16.4. The molecule has 1 aromatic rings. The third-order valence-electron chi connectivity index (χ3n) is 2.12. The predicted octanol–water partition coefficient (Wildman–Crippen LogP) is 0.941. The zero-order chi connectivity index (χ0) is 10.7. The van der Waals surface area contributed by atoms with E-state index in [9.17, 15) is 9.90 Å². The van der Waals surface area contributed by atoms with Crippen LogP contribution in [0.2, 0.25) is 0 Å². The summed E-state index contributed by atoms with van der Waals surface area (Å²) in [6.45, 7) is 1.59. The molecule has 0 aliphatic carbocycles. The smallest absolute Gasteiger partial charge is 0.333 e. The van der Waals surface area contributed by atoms with Crippen molar-refractivity contribution in [2.45, 2.75) is 18.9 Å². The number of carboxylic acids is 1. The van der Waals surface area contributed by atoms with E-state index in [1.165, 1.54) is 12.1 Å². The molecule has 0 heterocycles. The number of phenols is 1. The second-order valence-electron chi connectivity index (χ2n) is 3.17. The number of aliphatic hydroxyl groups is 1. The number of hydrogen-bond acceptors (Lipinski definition) is 3. The maximum atomic E-state index is 10.5. The zero-order valence-corrected chi connectivity index (χ0v) is 7.71. The van der Waals surface area contributed by atoms with Gasteiger partial charge in [0.15, 0.2) is 6.10 Å². The Morgan fingerprint density at radius 2 is 2.07 bits per heavy atom. The number of hydrogen-bond donors (Lipinski definition) is 3. The van der Waals surface area contributed by atoms with E-state index < -0.39 is 18.0 Å². The molecule has 0 saturated heterocycles. The van der Waals surface area contributed by atoms with Gasteiger partial charge in [0, 0.05) is 5.92 Å². The molecule has 1 aromatic carbocycles. The van der Waals surface area contributed by atoms with Crippen molar-refractivity contribution >= 4 is 5.97 Å². The molecule has 0 amide bonds. The van der Waals surface area contributed by atoms with E-state index in [0.29, 0.717) is 5.56 Å². The third kappa shape index (κ3) is 2.23. The van der Waals surface area contributed by atoms with Gasteiger partial charge in [-0.05, 0) is 17.7 Å². The fraction of sp³-hybridized carbons (Fsp3) is 0.300. The number of phenolic OH excluding ortho intramolecular Hbond substituents is 1. The number of aliphatic carboxylic acids is 1. The maximum absolute atomic E-state index is 10.5. The van der Waals surface area contributed by atoms with Crippen LogP contribution >= 0.6 is 0 Å². The highest BCUT2D eigenvalue weighted by Gasteiger charge is 2.22. The summed E-state index contributed by atoms with van der Waals surface area (Å²) in [5.74, 6) is -1.74. The van der Waals surface area contributed by atoms with Crippen molar-refractivity contribution in [1.82, 2.24) is 0 Å². The molecule has 0 spiro atoms. The first-order chi connectivity index (χ1) is 6.52. The standard InChI is InChI=1S/C10H12O4/c1-6(9(12)10(13)14)7-3-2-4-8(11)5-7/h2-6,9,11-12H,1H3,(H,13,14). The van der Waals surface area contributed by atoms with Gasteiger partial charge in [0.05, 0.1) is 0 Å². The Hall–Kier alpha value is -1.55. The molecule has 0 radical (unpaired) electrons. The quantitative estimate of drug-likeness (QED) is 0.672. The first kappa shape index (κ1) is 10.5. The van der Waals surface area contributed by atoms with Crippen LogP contribution in [0.15, 0.2) is 24.3 Å². The van der Waals surface area contributed by atoms with Gasteiger partial charge in [-0.25, -0.2) is 4.79 Å². The van der Waals surface area contributed by atoms with Crippen molar-refractivity contribution in [1.29, 1.82) is 0 Å². The van der Waals surface area contributed by atoms with Crippen molar-refractivity contribution < 1.29 is 20.1 Å². The highest BCUT2D eigenvalue weighted by molar-refractivity contribution is 5.73. The Kier molecular flexibility index (Phi) is 3.09. The van der Waals surface area contributed by atoms with Crippen LogP contribution in [0.1, 0.15) is 18.4 Å². The molecule has 4 heteroatoms. The summed E-state index contributed by atoms with van der Waals surface area (Å²) in [5.41, 5.74) is 0.597. The number of carboxylic acid groups (broad SMARTS) is 1. The minimum absolute atomic E-state index is 0.0620. The lowest BCUT2D eigenvalue weighted by atomic mass is 9.95. The van der Waals surface area contributed by atoms with Crippen LogP contribution in [0.5, 0.6) is 5.75 Å². The van der Waals surface area contributed by atoms with Crippen LogP contribution in [0, 0.1) is 0 Å². The van der Waals surface area contributed by atoms with Crippen molar-refractivity contribution in [3.8, 4) is 5.75 Å². The molecule has 0 bridgehead atoms. The molecule has 0 fully saturated rings. The van der Waals surface area contributed by atoms with Gasteiger partial charge in [0.1, 0.15) is 5.75 Å². The molecule has 0 aliphatic rings. The molecule has 0 aliphatic heterocycles. The molecule has 0 saturated carbocycles. The molecule has 2 unspecified atom stereocenters. The lowest BCUT2D eigenvalue weighted by Gasteiger charge is -2.15. The summed E-state index contributed by atoms with van der Waals surface area (Å²) < 4.78 is 0. The van der Waals surface area contributed by atoms with Crippen molar-refractivity contribution in [2.24, 2.45) is 0 Å². The normalized spacial score (nSPS) is 14.7. The summed E-state index contributed by atoms with van der Waals surface area (Å²) in [6.07, 6.45) is -1.45. The molecule has 2 atom stereocenters. The van der Waals surface area contributed by atoms with E-state index >= 15 is 0 Å². The SMILES string of the molecule is CC(c1cccc(O)c1)C(O)C(=O)O. The van der Waals surface area contributed by atoms with Gasteiger partial charge in [0.2, 0.25) is 0 Å². The van der Waals surface area contributed by atoms with Gasteiger partial charge in [-0.2, -0.15) is 0 Å². The Bertz CT molecular complexity index is 335. The van der Waals surface area contributed by atoms with E-state index in [4.69, 9.17) is 10.2 Å². The van der Waals surface area contributed by atoms with Gasteiger partial charge in [0.25, 0.3) is 0 Å². The average molecular weight is 196 g/mol. The topological polar surface area (TPSA) is 77.8 Å². The number of benzene rings is 1. The minimum atomic E-state index is -1.45. The first-order valence-electron chi connectivity index (χ1n) is 4.22. The molecule has 1 rings (SSSR count). The summed E-state index contributed by atoms with van der Waals surface area (Å²) in [4.78, 5) is 10.5. The zero-order valence-electron chi connectivity index (χ0n) is 7.71. The summed E-state index contributed by atoms with van der Waals surface area (Å²) in [7, 11) is 0. The molecule has 14 heavy (non-hydrogen) atoms. The van der Waals surface area contributed by atoms with Gasteiger partial charge < -0.3 is 15.3 Å². The predicted molar refractivity (Wildman–Crippen MR) is 50.2 cm³/mol. The number of carbonyl (C=O) groups is 1. The fourth-order valence-electron chi connectivity index (χ4n) is 1.20. The second kappa shape index (κ2) is 4.11. The van der Waals surface area contributed by atoms with Crippen LogP contribution in [0.4, 0.5) is 0 Å². The first-order valence-corrected chi connectivity index (χ1v) is 4.22. The molecule has 3 N–H and O–H groups in total. The van der Waals surface area contributed by atoms with Crippen molar-refractivity contribution in [2.75, 3.05) is 0 Å². The minimum Gasteiger partial charge on any atom is -0.508 e. The largest absolute Gasteiger partial charge is 0.508 e. The summed E-state index contributed by atoms with van der Waals surface area (Å²) in [6, 6.07) is 6.20. The van der Waals surface area contributed by atoms with Crippen molar-refractivity contribution in [3.05, 3.63) is 29.8 Å². The molecular weight excluding hydrogens is 184 g/mol. The average Bonchev–Trinajstić information content (AvgIpc) is 2.15. The fourth-order valence-corrected chi connectivity index (χ4v) is 1.20. The Balaban J connectivity index is 2.89. The van der Waals surface area contributed by atoms with Crippen LogP contribution in [0.25, 0.3) is 0 Å². The van der Waals surface area contributed by atoms with E-state index in [2.05, 4.69) is 0 Å². The summed E-state index contributed by atoms with van der Waals surface area (Å²) in [5, 5.41) is 27.0. The van der Waals surface area contributed by atoms with Crippen molar-refractivity contribution in [3.63, 3.8) is 0 Å². The van der Waals surface area contributed by atoms with E-state index in [-0.39, 0.29) is 5.75 Å². The van der Waals surface area contributed by atoms with Gasteiger partial charge in [-0.3, -0.25) is 0 Å². The number of aromatic hydroxyl groups is 1. The lowest BCUT2D eigenvalue weighted by molar-refractivity contribution is -0.147. The Morgan fingerprint density at radius 3 is 2.57 bits per heavy atom. The molecule has 4 nitrogen and oxygen atoms in total. The number of rotatable bonds is 3. The highest BCUT2D eigenvalue weighted by Crippen LogP contribution is 2.22. The third-order valence-corrected chi connectivity index (χ3v) is 2.12. The monoisotopic (exact) mass is 196 g/mol. The van der Waals surface area contributed by atoms with Gasteiger partial charge in [-0.1, -0.05) is 19.1 Å². The van der Waals surface area contributed by atoms with E-state index in [0.717, 1.165) is 0 Å². The number of aliphatic hydroxyl groups excluding tert-OH is 1. The van der Waals surface area contributed by atoms with Gasteiger partial charge >= 0.3 is 5.97 Å². The Morgan fingerprint density at radius 1 is 1.43 bits per heavy atom. The second-order valence-corrected chi connectivity index (χ2v) is 3.17. The van der Waals surface area contributed by atoms with E-state index in [1.54, 1.807) is 19.1 Å². The molecule has 76 valence electrons. The van der Waals surface area contributed by atoms with Crippen LogP contribution in [-0.4, -0.2) is 27.4 Å². The Labute approximate surface area is 81.4 Å². The summed E-state index contributed by atoms with van der Waals surface area (Å²) >= 11 is 0. The van der Waals surface area contributed by atoms with Crippen LogP contribution < -0.4 is 0 Å². The molecule has 0 aromatic heterocycles. The van der Waals surface area contributed by atoms with Crippen LogP contribution in [0.3, 0.4) is 0 Å². The van der Waals surface area contributed by atoms with Crippen LogP contribution in [-0.2, 0) is 4.79 Å². The van der Waals surface area contributed by atoms with Gasteiger partial charge in [-0.15, -0.1) is 0 Å².